The first-order valence-corrected chi connectivity index (χ1v) is 9.36. The average molecular weight is 345 g/mol. The summed E-state index contributed by atoms with van der Waals surface area (Å²) in [5.41, 5.74) is 4.22. The summed E-state index contributed by atoms with van der Waals surface area (Å²) in [6, 6.07) is 4.01. The van der Waals surface area contributed by atoms with Gasteiger partial charge in [0.25, 0.3) is 0 Å². The highest BCUT2D eigenvalue weighted by molar-refractivity contribution is 7.09. The van der Waals surface area contributed by atoms with Crippen LogP contribution in [-0.2, 0) is 22.6 Å². The topological polar surface area (TPSA) is 47.5 Å². The van der Waals surface area contributed by atoms with Gasteiger partial charge in [0.2, 0.25) is 0 Å². The Balaban J connectivity index is 1.27. The molecular formula is C18H23N3O2S. The van der Waals surface area contributed by atoms with Crippen molar-refractivity contribution < 1.29 is 9.47 Å². The minimum Gasteiger partial charge on any atom is -0.373 e. The standard InChI is InChI=1S/C18H23N3O2S/c1-14-17(24-13-20-14)9-21-11-18(12-21)7-16(4-6-23-18)22-10-15-3-2-5-19-8-15/h2-3,5,8,13,16H,4,6-7,9-12H2,1H3. The highest BCUT2D eigenvalue weighted by Crippen LogP contribution is 2.36. The molecule has 1 atom stereocenters. The number of aromatic nitrogens is 2. The fraction of sp³-hybridized carbons (Fsp3) is 0.556. The molecule has 4 rings (SSSR count). The third-order valence-electron chi connectivity index (χ3n) is 4.89. The average Bonchev–Trinajstić information content (AvgIpc) is 2.98. The summed E-state index contributed by atoms with van der Waals surface area (Å²) in [6.45, 7) is 6.50. The molecule has 2 aromatic rings. The van der Waals surface area contributed by atoms with Gasteiger partial charge >= 0.3 is 0 Å². The van der Waals surface area contributed by atoms with Crippen LogP contribution in [0.3, 0.4) is 0 Å². The van der Waals surface area contributed by atoms with Crippen molar-refractivity contribution in [2.75, 3.05) is 19.7 Å². The van der Waals surface area contributed by atoms with Crippen molar-refractivity contribution in [1.29, 1.82) is 0 Å². The van der Waals surface area contributed by atoms with Crippen molar-refractivity contribution in [1.82, 2.24) is 14.9 Å². The van der Waals surface area contributed by atoms with Gasteiger partial charge in [0.1, 0.15) is 0 Å². The summed E-state index contributed by atoms with van der Waals surface area (Å²) in [5.74, 6) is 0. The number of nitrogens with zero attached hydrogens (tertiary/aromatic N) is 3. The lowest BCUT2D eigenvalue weighted by molar-refractivity contribution is -0.200. The van der Waals surface area contributed by atoms with Gasteiger partial charge < -0.3 is 9.47 Å². The Morgan fingerprint density at radius 3 is 3.12 bits per heavy atom. The maximum atomic E-state index is 6.12. The van der Waals surface area contributed by atoms with Gasteiger partial charge in [-0.1, -0.05) is 6.07 Å². The largest absolute Gasteiger partial charge is 0.373 e. The van der Waals surface area contributed by atoms with E-state index in [4.69, 9.17) is 9.47 Å². The van der Waals surface area contributed by atoms with Gasteiger partial charge in [-0.05, 0) is 25.0 Å². The summed E-state index contributed by atoms with van der Waals surface area (Å²) in [5, 5.41) is 0. The molecule has 128 valence electrons. The van der Waals surface area contributed by atoms with E-state index in [0.29, 0.717) is 6.61 Å². The van der Waals surface area contributed by atoms with Gasteiger partial charge in [-0.15, -0.1) is 11.3 Å². The summed E-state index contributed by atoms with van der Waals surface area (Å²) >= 11 is 1.74. The number of hydrogen-bond acceptors (Lipinski definition) is 6. The molecule has 2 aliphatic rings. The molecule has 2 aliphatic heterocycles. The predicted molar refractivity (Wildman–Crippen MR) is 92.9 cm³/mol. The van der Waals surface area contributed by atoms with Crippen LogP contribution in [0.2, 0.25) is 0 Å². The lowest BCUT2D eigenvalue weighted by Crippen LogP contribution is -2.65. The second kappa shape index (κ2) is 6.88. The minimum atomic E-state index is -0.00352. The number of hydrogen-bond donors (Lipinski definition) is 0. The molecule has 0 amide bonds. The Bertz CT molecular complexity index is 670. The Labute approximate surface area is 146 Å². The number of rotatable bonds is 5. The first-order chi connectivity index (χ1) is 11.7. The molecule has 0 aliphatic carbocycles. The van der Waals surface area contributed by atoms with Crippen LogP contribution >= 0.6 is 11.3 Å². The van der Waals surface area contributed by atoms with Crippen molar-refractivity contribution in [2.24, 2.45) is 0 Å². The van der Waals surface area contributed by atoms with E-state index in [0.717, 1.165) is 50.3 Å². The minimum absolute atomic E-state index is 0.00352. The number of likely N-dealkylation sites (tertiary alicyclic amines) is 1. The quantitative estimate of drug-likeness (QED) is 0.834. The third kappa shape index (κ3) is 3.52. The molecule has 0 bridgehead atoms. The third-order valence-corrected chi connectivity index (χ3v) is 5.81. The highest BCUT2D eigenvalue weighted by atomic mass is 32.1. The Morgan fingerprint density at radius 2 is 2.38 bits per heavy atom. The number of ether oxygens (including phenoxy) is 2. The Kier molecular flexibility index (Phi) is 4.63. The van der Waals surface area contributed by atoms with E-state index in [2.05, 4.69) is 27.9 Å². The number of thiazole rings is 1. The van der Waals surface area contributed by atoms with Gasteiger partial charge in [-0.25, -0.2) is 4.98 Å². The maximum Gasteiger partial charge on any atom is 0.0959 e. The zero-order valence-corrected chi connectivity index (χ0v) is 14.8. The van der Waals surface area contributed by atoms with Crippen LogP contribution in [-0.4, -0.2) is 46.3 Å². The van der Waals surface area contributed by atoms with E-state index in [-0.39, 0.29) is 11.7 Å². The first kappa shape index (κ1) is 16.1. The van der Waals surface area contributed by atoms with Crippen molar-refractivity contribution in [2.45, 2.75) is 44.6 Å². The highest BCUT2D eigenvalue weighted by Gasteiger charge is 2.47. The first-order valence-electron chi connectivity index (χ1n) is 8.48. The number of aryl methyl sites for hydroxylation is 1. The van der Waals surface area contributed by atoms with Crippen LogP contribution in [0.1, 0.15) is 29.0 Å². The van der Waals surface area contributed by atoms with Gasteiger partial charge in [-0.2, -0.15) is 0 Å². The molecule has 24 heavy (non-hydrogen) atoms. The Morgan fingerprint density at radius 1 is 1.46 bits per heavy atom. The van der Waals surface area contributed by atoms with Crippen LogP contribution in [0.5, 0.6) is 0 Å². The zero-order valence-electron chi connectivity index (χ0n) is 14.0. The summed E-state index contributed by atoms with van der Waals surface area (Å²) in [6.07, 6.45) is 5.92. The van der Waals surface area contributed by atoms with E-state index in [1.165, 1.54) is 4.88 Å². The second-order valence-electron chi connectivity index (χ2n) is 6.82. The molecule has 1 unspecified atom stereocenters. The second-order valence-corrected chi connectivity index (χ2v) is 7.76. The molecule has 0 radical (unpaired) electrons. The molecular weight excluding hydrogens is 322 g/mol. The molecule has 2 aromatic heterocycles. The lowest BCUT2D eigenvalue weighted by atomic mass is 9.84. The normalized spacial score (nSPS) is 23.3. The smallest absolute Gasteiger partial charge is 0.0959 e. The van der Waals surface area contributed by atoms with Crippen molar-refractivity contribution >= 4 is 11.3 Å². The molecule has 2 saturated heterocycles. The lowest BCUT2D eigenvalue weighted by Gasteiger charge is -2.53. The van der Waals surface area contributed by atoms with Crippen molar-refractivity contribution in [3.63, 3.8) is 0 Å². The molecule has 1 spiro atoms. The molecule has 6 heteroatoms. The van der Waals surface area contributed by atoms with Gasteiger partial charge in [-0.3, -0.25) is 9.88 Å². The zero-order chi connectivity index (χ0) is 16.4. The van der Waals surface area contributed by atoms with Crippen LogP contribution in [0.4, 0.5) is 0 Å². The van der Waals surface area contributed by atoms with Crippen molar-refractivity contribution in [3.05, 3.63) is 46.2 Å². The summed E-state index contributed by atoms with van der Waals surface area (Å²) in [7, 11) is 0. The van der Waals surface area contributed by atoms with Crippen LogP contribution in [0, 0.1) is 6.92 Å². The summed E-state index contributed by atoms with van der Waals surface area (Å²) < 4.78 is 12.2. The van der Waals surface area contributed by atoms with Crippen LogP contribution in [0.25, 0.3) is 0 Å². The fourth-order valence-electron chi connectivity index (χ4n) is 3.60. The van der Waals surface area contributed by atoms with Gasteiger partial charge in [0.15, 0.2) is 0 Å². The molecule has 0 aromatic carbocycles. The van der Waals surface area contributed by atoms with Gasteiger partial charge in [0, 0.05) is 49.9 Å². The van der Waals surface area contributed by atoms with E-state index >= 15 is 0 Å². The van der Waals surface area contributed by atoms with E-state index in [1.54, 1.807) is 17.5 Å². The molecule has 2 fully saturated rings. The van der Waals surface area contributed by atoms with Crippen molar-refractivity contribution in [3.8, 4) is 0 Å². The van der Waals surface area contributed by atoms with Gasteiger partial charge in [0.05, 0.1) is 29.5 Å². The Hall–Kier alpha value is -1.34. The van der Waals surface area contributed by atoms with E-state index in [9.17, 15) is 0 Å². The van der Waals surface area contributed by atoms with Crippen LogP contribution < -0.4 is 0 Å². The fourth-order valence-corrected chi connectivity index (χ4v) is 4.42. The maximum absolute atomic E-state index is 6.12. The number of pyridine rings is 1. The predicted octanol–water partition coefficient (Wildman–Crippen LogP) is 2.80. The SMILES string of the molecule is Cc1ncsc1CN1CC2(CC(OCc3cccnc3)CCO2)C1. The monoisotopic (exact) mass is 345 g/mol. The van der Waals surface area contributed by atoms with E-state index < -0.39 is 0 Å². The molecule has 4 heterocycles. The molecule has 0 N–H and O–H groups in total. The van der Waals surface area contributed by atoms with Crippen LogP contribution in [0.15, 0.2) is 30.0 Å². The summed E-state index contributed by atoms with van der Waals surface area (Å²) in [4.78, 5) is 12.3. The van der Waals surface area contributed by atoms with E-state index in [1.807, 2.05) is 17.8 Å². The molecule has 5 nitrogen and oxygen atoms in total. The molecule has 0 saturated carbocycles.